The molecule has 1 saturated heterocycles. The maximum absolute atomic E-state index is 12.6. The first-order valence-electron chi connectivity index (χ1n) is 8.60. The summed E-state index contributed by atoms with van der Waals surface area (Å²) in [6.45, 7) is 4.30. The van der Waals surface area contributed by atoms with Crippen LogP contribution in [0.5, 0.6) is 5.75 Å². The molecule has 7 nitrogen and oxygen atoms in total. The van der Waals surface area contributed by atoms with Crippen LogP contribution in [0.4, 0.5) is 0 Å². The van der Waals surface area contributed by atoms with Crippen LogP contribution < -0.4 is 9.57 Å². The van der Waals surface area contributed by atoms with Gasteiger partial charge in [-0.25, -0.2) is 18.2 Å². The number of sulfonamides is 1. The van der Waals surface area contributed by atoms with Gasteiger partial charge >= 0.3 is 5.97 Å². The van der Waals surface area contributed by atoms with Crippen LogP contribution in [-0.2, 0) is 10.0 Å². The predicted molar refractivity (Wildman–Crippen MR) is 100 cm³/mol. The fourth-order valence-electron chi connectivity index (χ4n) is 3.01. The molecule has 0 aromatic heterocycles. The van der Waals surface area contributed by atoms with E-state index in [-0.39, 0.29) is 22.6 Å². The molecule has 3 rings (SSSR count). The van der Waals surface area contributed by atoms with Crippen molar-refractivity contribution >= 4 is 16.0 Å². The zero-order chi connectivity index (χ0) is 19.6. The molecule has 0 amide bonds. The zero-order valence-corrected chi connectivity index (χ0v) is 15.9. The van der Waals surface area contributed by atoms with E-state index in [1.165, 1.54) is 18.2 Å². The lowest BCUT2D eigenvalue weighted by Gasteiger charge is -2.21. The highest BCUT2D eigenvalue weighted by atomic mass is 32.2. The van der Waals surface area contributed by atoms with E-state index in [0.717, 1.165) is 17.4 Å². The average molecular weight is 390 g/mol. The number of benzene rings is 2. The molecule has 0 spiro atoms. The van der Waals surface area contributed by atoms with Gasteiger partial charge in [0, 0.05) is 12.5 Å². The molecule has 2 N–H and O–H groups in total. The molecule has 8 heteroatoms. The van der Waals surface area contributed by atoms with Gasteiger partial charge in [-0.3, -0.25) is 0 Å². The fourth-order valence-corrected chi connectivity index (χ4v) is 4.22. The number of carboxylic acids is 1. The summed E-state index contributed by atoms with van der Waals surface area (Å²) in [7, 11) is -3.88. The van der Waals surface area contributed by atoms with Crippen molar-refractivity contribution in [3.8, 4) is 5.75 Å². The number of nitrogens with one attached hydrogen (secondary N) is 1. The first kappa shape index (κ1) is 19.3. The van der Waals surface area contributed by atoms with Crippen molar-refractivity contribution < 1.29 is 23.1 Å². The molecular weight excluding hydrogens is 368 g/mol. The summed E-state index contributed by atoms with van der Waals surface area (Å²) in [6, 6.07) is 12.9. The van der Waals surface area contributed by atoms with Gasteiger partial charge in [-0.2, -0.15) is 0 Å². The molecule has 2 aromatic rings. The molecule has 1 fully saturated rings. The van der Waals surface area contributed by atoms with Gasteiger partial charge in [0.25, 0.3) is 10.0 Å². The average Bonchev–Trinajstić information content (AvgIpc) is 2.95. The molecule has 27 heavy (non-hydrogen) atoms. The third-order valence-electron chi connectivity index (χ3n) is 4.49. The summed E-state index contributed by atoms with van der Waals surface area (Å²) in [5, 5.41) is 10.7. The van der Waals surface area contributed by atoms with Crippen molar-refractivity contribution in [1.29, 1.82) is 0 Å². The van der Waals surface area contributed by atoms with Gasteiger partial charge in [-0.05, 0) is 44.2 Å². The molecule has 2 unspecified atom stereocenters. The number of nitrogens with zero attached hydrogens (tertiary/aromatic N) is 1. The van der Waals surface area contributed by atoms with E-state index in [1.54, 1.807) is 5.01 Å². The molecule has 1 aliphatic rings. The quantitative estimate of drug-likeness (QED) is 0.786. The number of aryl methyl sites for hydroxylation is 1. The monoisotopic (exact) mass is 390 g/mol. The van der Waals surface area contributed by atoms with Crippen molar-refractivity contribution in [3.63, 3.8) is 0 Å². The summed E-state index contributed by atoms with van der Waals surface area (Å²) in [5.74, 6) is -0.426. The lowest BCUT2D eigenvalue weighted by Crippen LogP contribution is -2.44. The number of aromatic carboxylic acids is 1. The third-order valence-corrected chi connectivity index (χ3v) is 5.84. The molecular formula is C19H22N2O5S. The Morgan fingerprint density at radius 2 is 1.93 bits per heavy atom. The number of ether oxygens (including phenoxy) is 1. The Hall–Kier alpha value is -2.42. The largest absolute Gasteiger partial charge is 0.489 e. The Morgan fingerprint density at radius 1 is 1.22 bits per heavy atom. The Morgan fingerprint density at radius 3 is 2.59 bits per heavy atom. The SMILES string of the molecule is Cc1ccc(OC2CC(C)N(NS(=O)(=O)c3cccc(C(=O)O)c3)C2)cc1. The summed E-state index contributed by atoms with van der Waals surface area (Å²) >= 11 is 0. The highest BCUT2D eigenvalue weighted by Crippen LogP contribution is 2.23. The van der Waals surface area contributed by atoms with Crippen LogP contribution in [0, 0.1) is 6.92 Å². The van der Waals surface area contributed by atoms with Crippen LogP contribution in [0.15, 0.2) is 53.4 Å². The van der Waals surface area contributed by atoms with Gasteiger partial charge in [-0.1, -0.05) is 23.8 Å². The molecule has 0 radical (unpaired) electrons. The first-order valence-corrected chi connectivity index (χ1v) is 10.1. The topological polar surface area (TPSA) is 95.9 Å². The van der Waals surface area contributed by atoms with Gasteiger partial charge < -0.3 is 9.84 Å². The van der Waals surface area contributed by atoms with E-state index in [9.17, 15) is 13.2 Å². The van der Waals surface area contributed by atoms with Crippen molar-refractivity contribution in [1.82, 2.24) is 9.84 Å². The van der Waals surface area contributed by atoms with Gasteiger partial charge in [0.15, 0.2) is 0 Å². The van der Waals surface area contributed by atoms with Crippen LogP contribution in [0.3, 0.4) is 0 Å². The summed E-state index contributed by atoms with van der Waals surface area (Å²) in [4.78, 5) is 13.5. The predicted octanol–water partition coefficient (Wildman–Crippen LogP) is 2.43. The third kappa shape index (κ3) is 4.65. The standard InChI is InChI=1S/C19H22N2O5S/c1-13-6-8-16(9-7-13)26-17-10-14(2)21(12-17)20-27(24,25)18-5-3-4-15(11-18)19(22)23/h3-9,11,14,17,20H,10,12H2,1-2H3,(H,22,23). The van der Waals surface area contributed by atoms with E-state index in [2.05, 4.69) is 4.83 Å². The smallest absolute Gasteiger partial charge is 0.335 e. The Labute approximate surface area is 158 Å². The van der Waals surface area contributed by atoms with Gasteiger partial charge in [0.05, 0.1) is 17.0 Å². The molecule has 0 bridgehead atoms. The maximum atomic E-state index is 12.6. The van der Waals surface area contributed by atoms with Gasteiger partial charge in [0.2, 0.25) is 0 Å². The van der Waals surface area contributed by atoms with Crippen LogP contribution in [0.1, 0.15) is 29.3 Å². The minimum atomic E-state index is -3.88. The van der Waals surface area contributed by atoms with Gasteiger partial charge in [0.1, 0.15) is 11.9 Å². The number of hydrogen-bond donors (Lipinski definition) is 2. The molecule has 0 saturated carbocycles. The lowest BCUT2D eigenvalue weighted by molar-refractivity contribution is 0.0696. The summed E-state index contributed by atoms with van der Waals surface area (Å²) < 4.78 is 31.2. The fraction of sp³-hybridized carbons (Fsp3) is 0.316. The Balaban J connectivity index is 1.68. The number of hydrogen-bond acceptors (Lipinski definition) is 5. The molecule has 1 aliphatic heterocycles. The second kappa shape index (κ2) is 7.67. The van der Waals surface area contributed by atoms with Crippen LogP contribution >= 0.6 is 0 Å². The van der Waals surface area contributed by atoms with Gasteiger partial charge in [-0.15, -0.1) is 4.83 Å². The maximum Gasteiger partial charge on any atom is 0.335 e. The second-order valence-corrected chi connectivity index (χ2v) is 8.38. The minimum Gasteiger partial charge on any atom is -0.489 e. The second-order valence-electron chi connectivity index (χ2n) is 6.72. The minimum absolute atomic E-state index is 0.0575. The van der Waals surface area contributed by atoms with Crippen LogP contribution in [-0.4, -0.2) is 43.2 Å². The van der Waals surface area contributed by atoms with E-state index in [0.29, 0.717) is 13.0 Å². The number of carbonyl (C=O) groups is 1. The number of carboxylic acid groups (broad SMARTS) is 1. The summed E-state index contributed by atoms with van der Waals surface area (Å²) in [5.41, 5.74) is 1.06. The molecule has 0 aliphatic carbocycles. The lowest BCUT2D eigenvalue weighted by atomic mass is 10.2. The zero-order valence-electron chi connectivity index (χ0n) is 15.1. The van der Waals surface area contributed by atoms with Crippen molar-refractivity contribution in [2.45, 2.75) is 37.3 Å². The van der Waals surface area contributed by atoms with E-state index in [1.807, 2.05) is 38.1 Å². The highest BCUT2D eigenvalue weighted by Gasteiger charge is 2.33. The first-order chi connectivity index (χ1) is 12.7. The summed E-state index contributed by atoms with van der Waals surface area (Å²) in [6.07, 6.45) is 0.529. The van der Waals surface area contributed by atoms with E-state index >= 15 is 0 Å². The van der Waals surface area contributed by atoms with E-state index in [4.69, 9.17) is 9.84 Å². The number of hydrazine groups is 1. The normalized spacial score (nSPS) is 20.5. The van der Waals surface area contributed by atoms with Crippen molar-refractivity contribution in [2.75, 3.05) is 6.54 Å². The molecule has 2 aromatic carbocycles. The van der Waals surface area contributed by atoms with Crippen LogP contribution in [0.2, 0.25) is 0 Å². The number of rotatable bonds is 6. The Kier molecular flexibility index (Phi) is 5.50. The van der Waals surface area contributed by atoms with Crippen molar-refractivity contribution in [3.05, 3.63) is 59.7 Å². The highest BCUT2D eigenvalue weighted by molar-refractivity contribution is 7.89. The molecule has 144 valence electrons. The van der Waals surface area contributed by atoms with Crippen LogP contribution in [0.25, 0.3) is 0 Å². The Bertz CT molecular complexity index is 927. The van der Waals surface area contributed by atoms with E-state index < -0.39 is 16.0 Å². The van der Waals surface area contributed by atoms with Crippen molar-refractivity contribution in [2.24, 2.45) is 0 Å². The molecule has 2 atom stereocenters. The molecule has 1 heterocycles.